The number of nitrogens with zero attached hydrogens (tertiary/aromatic N) is 2. The summed E-state index contributed by atoms with van der Waals surface area (Å²) in [5.41, 5.74) is 4.73. The Morgan fingerprint density at radius 3 is 0.935 bits per heavy atom. The molecular formula is C54H68Cl4N4. The lowest BCUT2D eigenvalue weighted by Crippen LogP contribution is -2.51. The molecule has 6 aliphatic rings. The van der Waals surface area contributed by atoms with Crippen molar-refractivity contribution in [3.05, 3.63) is 139 Å². The van der Waals surface area contributed by atoms with Crippen LogP contribution < -0.4 is 10.6 Å². The summed E-state index contributed by atoms with van der Waals surface area (Å²) in [5.74, 6) is 1.78. The van der Waals surface area contributed by atoms with Crippen LogP contribution in [-0.2, 0) is 0 Å². The molecule has 10 rings (SSSR count). The number of nitrogens with one attached hydrogen (secondary N) is 2. The molecule has 0 spiro atoms. The van der Waals surface area contributed by atoms with E-state index in [1.165, 1.54) is 151 Å². The number of hydrogen-bond donors (Lipinski definition) is 2. The minimum atomic E-state index is 0.124. The van der Waals surface area contributed by atoms with E-state index < -0.39 is 0 Å². The van der Waals surface area contributed by atoms with Crippen LogP contribution >= 0.6 is 46.4 Å². The zero-order valence-corrected chi connectivity index (χ0v) is 39.6. The van der Waals surface area contributed by atoms with Crippen LogP contribution in [0.2, 0.25) is 20.1 Å². The monoisotopic (exact) mass is 912 g/mol. The van der Waals surface area contributed by atoms with Gasteiger partial charge in [0.2, 0.25) is 0 Å². The van der Waals surface area contributed by atoms with Crippen molar-refractivity contribution in [3.8, 4) is 0 Å². The third-order valence-corrected chi connectivity index (χ3v) is 17.2. The van der Waals surface area contributed by atoms with Crippen molar-refractivity contribution in [3.63, 3.8) is 0 Å². The first-order valence-corrected chi connectivity index (χ1v) is 25.9. The van der Waals surface area contributed by atoms with Gasteiger partial charge in [0.25, 0.3) is 0 Å². The highest BCUT2D eigenvalue weighted by Gasteiger charge is 2.47. The molecule has 0 aromatic heterocycles. The van der Waals surface area contributed by atoms with E-state index in [-0.39, 0.29) is 12.1 Å². The lowest BCUT2D eigenvalue weighted by molar-refractivity contribution is 0.0840. The summed E-state index contributed by atoms with van der Waals surface area (Å²) in [6.45, 7) is 2.42. The summed E-state index contributed by atoms with van der Waals surface area (Å²) in [5, 5.41) is 11.3. The van der Waals surface area contributed by atoms with Gasteiger partial charge in [-0.15, -0.1) is 0 Å². The molecule has 4 unspecified atom stereocenters. The quantitative estimate of drug-likeness (QED) is 0.148. The zero-order chi connectivity index (χ0) is 42.4. The molecule has 2 aliphatic carbocycles. The van der Waals surface area contributed by atoms with Gasteiger partial charge < -0.3 is 10.6 Å². The molecule has 62 heavy (non-hydrogen) atoms. The van der Waals surface area contributed by atoms with E-state index in [1.54, 1.807) is 0 Å². The summed E-state index contributed by atoms with van der Waals surface area (Å²) >= 11 is 27.0. The topological polar surface area (TPSA) is 30.5 Å². The summed E-state index contributed by atoms with van der Waals surface area (Å²) < 4.78 is 0. The molecule has 4 aromatic rings. The highest BCUT2D eigenvalue weighted by molar-refractivity contribution is 6.33. The second kappa shape index (κ2) is 21.5. The van der Waals surface area contributed by atoms with Gasteiger partial charge in [-0.1, -0.05) is 158 Å². The first-order chi connectivity index (χ1) is 30.4. The maximum Gasteiger partial charge on any atom is 0.0636 e. The fourth-order valence-electron chi connectivity index (χ4n) is 12.8. The van der Waals surface area contributed by atoms with Crippen LogP contribution in [0.3, 0.4) is 0 Å². The average Bonchev–Trinajstić information content (AvgIpc) is 3.70. The molecule has 4 aromatic carbocycles. The summed E-state index contributed by atoms with van der Waals surface area (Å²) in [4.78, 5) is 5.50. The number of halogens is 4. The van der Waals surface area contributed by atoms with Crippen molar-refractivity contribution in [2.45, 2.75) is 164 Å². The normalized spacial score (nSPS) is 27.1. The average molecular weight is 915 g/mol. The Morgan fingerprint density at radius 2 is 0.661 bits per heavy atom. The van der Waals surface area contributed by atoms with Crippen molar-refractivity contribution in [2.24, 2.45) is 11.8 Å². The van der Waals surface area contributed by atoms with Gasteiger partial charge >= 0.3 is 0 Å². The van der Waals surface area contributed by atoms with Gasteiger partial charge in [0.1, 0.15) is 0 Å². The van der Waals surface area contributed by atoms with Gasteiger partial charge in [0.05, 0.1) is 12.1 Å². The lowest BCUT2D eigenvalue weighted by Gasteiger charge is -2.45. The third-order valence-electron chi connectivity index (χ3n) is 15.8. The maximum absolute atomic E-state index is 6.74. The number of rotatable bonds is 12. The fraction of sp³-hybridized carbons (Fsp3) is 0.556. The van der Waals surface area contributed by atoms with Crippen LogP contribution in [0.25, 0.3) is 0 Å². The smallest absolute Gasteiger partial charge is 0.0636 e. The molecule has 4 atom stereocenters. The summed E-state index contributed by atoms with van der Waals surface area (Å²) in [7, 11) is 0. The summed E-state index contributed by atoms with van der Waals surface area (Å²) in [6, 6.07) is 37.2. The Hall–Kier alpha value is -2.12. The maximum atomic E-state index is 6.74. The van der Waals surface area contributed by atoms with Gasteiger partial charge in [-0.2, -0.15) is 0 Å². The third kappa shape index (κ3) is 10.4. The van der Waals surface area contributed by atoms with Crippen LogP contribution in [0, 0.1) is 11.8 Å². The molecule has 0 radical (unpaired) electrons. The molecule has 8 heteroatoms. The first-order valence-electron chi connectivity index (χ1n) is 24.4. The lowest BCUT2D eigenvalue weighted by atomic mass is 9.87. The van der Waals surface area contributed by atoms with Crippen LogP contribution in [0.15, 0.2) is 97.1 Å². The number of fused-ring (bicyclic) bond motifs is 4. The standard InChI is InChI=1S/2C27H34Cl2N2/c2*28-25-12-6-4-10-23(25)27(24-11-5-7-13-26(24)29)31-21-14-15-22(31)17-20(16-21)30-18-19-8-2-1-3-9-19/h2*4-7,10-13,19-22,27,30H,1-3,8-9,14-18H2. The zero-order valence-electron chi connectivity index (χ0n) is 36.6. The molecule has 4 aliphatic heterocycles. The Morgan fingerprint density at radius 1 is 0.387 bits per heavy atom. The summed E-state index contributed by atoms with van der Waals surface area (Å²) in [6.07, 6.45) is 24.3. The fourth-order valence-corrected chi connectivity index (χ4v) is 13.8. The van der Waals surface area contributed by atoms with Crippen LogP contribution in [0.4, 0.5) is 0 Å². The molecule has 332 valence electrons. The van der Waals surface area contributed by atoms with Gasteiger partial charge in [-0.05, 0) is 148 Å². The highest BCUT2D eigenvalue weighted by Crippen LogP contribution is 2.49. The highest BCUT2D eigenvalue weighted by atomic mass is 35.5. The van der Waals surface area contributed by atoms with Crippen molar-refractivity contribution in [1.82, 2.24) is 20.4 Å². The van der Waals surface area contributed by atoms with Crippen molar-refractivity contribution >= 4 is 46.4 Å². The van der Waals surface area contributed by atoms with Crippen molar-refractivity contribution in [1.29, 1.82) is 0 Å². The molecule has 4 heterocycles. The van der Waals surface area contributed by atoms with Crippen molar-refractivity contribution < 1.29 is 0 Å². The molecule has 4 nitrogen and oxygen atoms in total. The van der Waals surface area contributed by atoms with Crippen LogP contribution in [-0.4, -0.2) is 59.1 Å². The largest absolute Gasteiger partial charge is 0.314 e. The van der Waals surface area contributed by atoms with E-state index in [0.717, 1.165) is 31.9 Å². The molecule has 2 N–H and O–H groups in total. The first kappa shape index (κ1) is 45.1. The Labute approximate surface area is 392 Å². The Kier molecular flexibility index (Phi) is 15.6. The van der Waals surface area contributed by atoms with Gasteiger partial charge in [-0.3, -0.25) is 9.80 Å². The van der Waals surface area contributed by atoms with Gasteiger partial charge in [0, 0.05) is 56.3 Å². The molecule has 2 saturated carbocycles. The van der Waals surface area contributed by atoms with E-state index in [2.05, 4.69) is 69.0 Å². The van der Waals surface area contributed by atoms with Gasteiger partial charge in [-0.25, -0.2) is 0 Å². The van der Waals surface area contributed by atoms with E-state index in [1.807, 2.05) is 48.5 Å². The van der Waals surface area contributed by atoms with E-state index in [4.69, 9.17) is 46.4 Å². The number of hydrogen-bond acceptors (Lipinski definition) is 4. The van der Waals surface area contributed by atoms with E-state index in [9.17, 15) is 0 Å². The second-order valence-corrected chi connectivity index (χ2v) is 21.3. The Balaban J connectivity index is 0.000000158. The van der Waals surface area contributed by atoms with Crippen molar-refractivity contribution in [2.75, 3.05) is 13.1 Å². The minimum absolute atomic E-state index is 0.124. The molecule has 4 bridgehead atoms. The molecule has 6 fully saturated rings. The molecule has 4 saturated heterocycles. The molecule has 0 amide bonds. The molecular weight excluding hydrogens is 846 g/mol. The van der Waals surface area contributed by atoms with E-state index >= 15 is 0 Å². The predicted molar refractivity (Wildman–Crippen MR) is 262 cm³/mol. The minimum Gasteiger partial charge on any atom is -0.314 e. The van der Waals surface area contributed by atoms with Crippen LogP contribution in [0.1, 0.15) is 150 Å². The van der Waals surface area contributed by atoms with Gasteiger partial charge in [0.15, 0.2) is 0 Å². The predicted octanol–water partition coefficient (Wildman–Crippen LogP) is 14.5. The van der Waals surface area contributed by atoms with E-state index in [0.29, 0.717) is 36.3 Å². The number of piperidine rings is 2. The number of benzene rings is 4. The van der Waals surface area contributed by atoms with Crippen LogP contribution in [0.5, 0.6) is 0 Å². The second-order valence-electron chi connectivity index (χ2n) is 19.7. The Bertz CT molecular complexity index is 1780. The SMILES string of the molecule is Clc1ccccc1C(c1ccccc1Cl)N1C2CCC1CC(NCC1CCCCC1)C2.Clc1ccccc1C(c1ccccc1Cl)N1C2CCC1CC(NCC1CCCCC1)C2.